The standard InChI is InChI=1S/C11H16ClNO2/c1-11(2,14)5-4-8-7-13-10(12)6-9(8)15-3/h6-7,14H,4-5H2,1-3H3. The molecule has 1 N–H and O–H groups in total. The SMILES string of the molecule is COc1cc(Cl)ncc1CCC(C)(C)O. The van der Waals surface area contributed by atoms with Gasteiger partial charge in [-0.15, -0.1) is 0 Å². The summed E-state index contributed by atoms with van der Waals surface area (Å²) in [5.41, 5.74) is 0.286. The van der Waals surface area contributed by atoms with Crippen molar-refractivity contribution in [3.63, 3.8) is 0 Å². The van der Waals surface area contributed by atoms with E-state index in [9.17, 15) is 5.11 Å². The Balaban J connectivity index is 2.76. The molecule has 0 saturated carbocycles. The Morgan fingerprint density at radius 1 is 1.53 bits per heavy atom. The Kier molecular flexibility index (Phi) is 3.94. The number of aryl methyl sites for hydroxylation is 1. The molecular weight excluding hydrogens is 214 g/mol. The molecule has 0 fully saturated rings. The lowest BCUT2D eigenvalue weighted by atomic mass is 9.99. The van der Waals surface area contributed by atoms with E-state index in [0.717, 1.165) is 17.7 Å². The second kappa shape index (κ2) is 4.81. The van der Waals surface area contributed by atoms with Crippen molar-refractivity contribution in [1.29, 1.82) is 0 Å². The number of nitrogens with zero attached hydrogens (tertiary/aromatic N) is 1. The van der Waals surface area contributed by atoms with Crippen molar-refractivity contribution >= 4 is 11.6 Å². The Bertz CT molecular complexity index is 334. The van der Waals surface area contributed by atoms with E-state index < -0.39 is 5.60 Å². The van der Waals surface area contributed by atoms with Crippen LogP contribution in [0.3, 0.4) is 0 Å². The quantitative estimate of drug-likeness (QED) is 0.807. The van der Waals surface area contributed by atoms with Gasteiger partial charge in [0.2, 0.25) is 0 Å². The van der Waals surface area contributed by atoms with Crippen LogP contribution in [-0.2, 0) is 6.42 Å². The van der Waals surface area contributed by atoms with E-state index in [4.69, 9.17) is 16.3 Å². The minimum atomic E-state index is -0.676. The van der Waals surface area contributed by atoms with Crippen LogP contribution < -0.4 is 4.74 Å². The van der Waals surface area contributed by atoms with Gasteiger partial charge in [0.15, 0.2) is 0 Å². The third-order valence-corrected chi connectivity index (χ3v) is 2.34. The molecular formula is C11H16ClNO2. The van der Waals surface area contributed by atoms with Crippen molar-refractivity contribution in [3.8, 4) is 5.75 Å². The van der Waals surface area contributed by atoms with Gasteiger partial charge in [-0.3, -0.25) is 0 Å². The highest BCUT2D eigenvalue weighted by atomic mass is 35.5. The largest absolute Gasteiger partial charge is 0.496 e. The van der Waals surface area contributed by atoms with Crippen molar-refractivity contribution < 1.29 is 9.84 Å². The number of hydrogen-bond acceptors (Lipinski definition) is 3. The predicted molar refractivity (Wildman–Crippen MR) is 60.4 cm³/mol. The first-order valence-corrected chi connectivity index (χ1v) is 5.21. The normalized spacial score (nSPS) is 11.5. The maximum atomic E-state index is 9.61. The first kappa shape index (κ1) is 12.3. The molecule has 0 atom stereocenters. The number of pyridine rings is 1. The number of rotatable bonds is 4. The molecule has 84 valence electrons. The number of aromatic nitrogens is 1. The van der Waals surface area contributed by atoms with Gasteiger partial charge in [0.1, 0.15) is 10.9 Å². The maximum absolute atomic E-state index is 9.61. The van der Waals surface area contributed by atoms with Crippen molar-refractivity contribution in [2.24, 2.45) is 0 Å². The smallest absolute Gasteiger partial charge is 0.132 e. The minimum Gasteiger partial charge on any atom is -0.496 e. The Morgan fingerprint density at radius 3 is 2.73 bits per heavy atom. The first-order valence-electron chi connectivity index (χ1n) is 4.83. The van der Waals surface area contributed by atoms with E-state index in [1.165, 1.54) is 0 Å². The zero-order chi connectivity index (χ0) is 11.5. The predicted octanol–water partition coefficient (Wildman–Crippen LogP) is 2.45. The third-order valence-electron chi connectivity index (χ3n) is 2.14. The minimum absolute atomic E-state index is 0.416. The number of methoxy groups -OCH3 is 1. The van der Waals surface area contributed by atoms with Gasteiger partial charge in [0.05, 0.1) is 12.7 Å². The molecule has 0 saturated heterocycles. The molecule has 0 radical (unpaired) electrons. The van der Waals surface area contributed by atoms with Crippen LogP contribution in [0.15, 0.2) is 12.3 Å². The average molecular weight is 230 g/mol. The Morgan fingerprint density at radius 2 is 2.20 bits per heavy atom. The van der Waals surface area contributed by atoms with Gasteiger partial charge >= 0.3 is 0 Å². The lowest BCUT2D eigenvalue weighted by Gasteiger charge is -2.17. The van der Waals surface area contributed by atoms with Gasteiger partial charge in [-0.25, -0.2) is 4.98 Å². The highest BCUT2D eigenvalue weighted by Crippen LogP contribution is 2.23. The lowest BCUT2D eigenvalue weighted by molar-refractivity contribution is 0.0712. The molecule has 1 aromatic rings. The van der Waals surface area contributed by atoms with Crippen LogP contribution >= 0.6 is 11.6 Å². The van der Waals surface area contributed by atoms with Gasteiger partial charge in [0, 0.05) is 17.8 Å². The van der Waals surface area contributed by atoms with Crippen LogP contribution in [0, 0.1) is 0 Å². The topological polar surface area (TPSA) is 42.4 Å². The van der Waals surface area contributed by atoms with Crippen molar-refractivity contribution in [3.05, 3.63) is 23.0 Å². The van der Waals surface area contributed by atoms with Crippen LogP contribution in [0.1, 0.15) is 25.8 Å². The van der Waals surface area contributed by atoms with Gasteiger partial charge in [-0.1, -0.05) is 11.6 Å². The van der Waals surface area contributed by atoms with Crippen LogP contribution in [0.4, 0.5) is 0 Å². The number of ether oxygens (including phenoxy) is 1. The van der Waals surface area contributed by atoms with Crippen LogP contribution in [0.25, 0.3) is 0 Å². The number of hydrogen-bond donors (Lipinski definition) is 1. The molecule has 1 heterocycles. The summed E-state index contributed by atoms with van der Waals surface area (Å²) in [7, 11) is 1.60. The van der Waals surface area contributed by atoms with Gasteiger partial charge < -0.3 is 9.84 Å². The monoisotopic (exact) mass is 229 g/mol. The molecule has 15 heavy (non-hydrogen) atoms. The second-order valence-electron chi connectivity index (χ2n) is 4.13. The van der Waals surface area contributed by atoms with E-state index in [0.29, 0.717) is 11.6 Å². The highest BCUT2D eigenvalue weighted by molar-refractivity contribution is 6.29. The van der Waals surface area contributed by atoms with Crippen molar-refractivity contribution in [1.82, 2.24) is 4.98 Å². The molecule has 0 spiro atoms. The molecule has 1 rings (SSSR count). The summed E-state index contributed by atoms with van der Waals surface area (Å²) >= 11 is 5.75. The zero-order valence-electron chi connectivity index (χ0n) is 9.25. The second-order valence-corrected chi connectivity index (χ2v) is 4.52. The molecule has 0 unspecified atom stereocenters. The molecule has 0 aliphatic rings. The fraction of sp³-hybridized carbons (Fsp3) is 0.545. The van der Waals surface area contributed by atoms with Crippen LogP contribution in [-0.4, -0.2) is 22.8 Å². The molecule has 0 aromatic carbocycles. The molecule has 3 nitrogen and oxygen atoms in total. The lowest BCUT2D eigenvalue weighted by Crippen LogP contribution is -2.19. The van der Waals surface area contributed by atoms with Crippen LogP contribution in [0.5, 0.6) is 5.75 Å². The number of halogens is 1. The van der Waals surface area contributed by atoms with Crippen molar-refractivity contribution in [2.45, 2.75) is 32.3 Å². The molecule has 4 heteroatoms. The summed E-state index contributed by atoms with van der Waals surface area (Å²) in [5, 5.41) is 10.0. The first-order chi connectivity index (χ1) is 6.92. The molecule has 1 aromatic heterocycles. The Labute approximate surface area is 95.1 Å². The maximum Gasteiger partial charge on any atom is 0.132 e. The third kappa shape index (κ3) is 4.06. The summed E-state index contributed by atoms with van der Waals surface area (Å²) < 4.78 is 5.19. The van der Waals surface area contributed by atoms with E-state index in [1.54, 1.807) is 33.2 Å². The fourth-order valence-electron chi connectivity index (χ4n) is 1.26. The van der Waals surface area contributed by atoms with E-state index in [-0.39, 0.29) is 0 Å². The zero-order valence-corrected chi connectivity index (χ0v) is 10.0. The highest BCUT2D eigenvalue weighted by Gasteiger charge is 2.14. The fourth-order valence-corrected chi connectivity index (χ4v) is 1.41. The average Bonchev–Trinajstić information content (AvgIpc) is 2.14. The van der Waals surface area contributed by atoms with E-state index in [2.05, 4.69) is 4.98 Å². The van der Waals surface area contributed by atoms with Crippen LogP contribution in [0.2, 0.25) is 5.15 Å². The summed E-state index contributed by atoms with van der Waals surface area (Å²) in [5.74, 6) is 0.722. The summed E-state index contributed by atoms with van der Waals surface area (Å²) in [6, 6.07) is 1.68. The summed E-state index contributed by atoms with van der Waals surface area (Å²) in [6.45, 7) is 3.56. The van der Waals surface area contributed by atoms with Gasteiger partial charge in [-0.2, -0.15) is 0 Å². The molecule has 0 aliphatic carbocycles. The van der Waals surface area contributed by atoms with Gasteiger partial charge in [0.25, 0.3) is 0 Å². The summed E-state index contributed by atoms with van der Waals surface area (Å²) in [4.78, 5) is 3.99. The van der Waals surface area contributed by atoms with E-state index >= 15 is 0 Å². The van der Waals surface area contributed by atoms with Crippen molar-refractivity contribution in [2.75, 3.05) is 7.11 Å². The number of aliphatic hydroxyl groups is 1. The molecule has 0 amide bonds. The molecule has 0 bridgehead atoms. The van der Waals surface area contributed by atoms with E-state index in [1.807, 2.05) is 0 Å². The van der Waals surface area contributed by atoms with Gasteiger partial charge in [-0.05, 0) is 26.7 Å². The summed E-state index contributed by atoms with van der Waals surface area (Å²) in [6.07, 6.45) is 3.07. The Hall–Kier alpha value is -0.800. The molecule has 0 aliphatic heterocycles.